The fourth-order valence-electron chi connectivity index (χ4n) is 7.34. The standard InChI is InChI=1S/C25H30O6S/c1-14-5-9-17(10-6-14)32(27,28)31-24-19-13-18(21-15-7-8-16(12-15)22(19)21)23(24)25(26)30-20-4-2-3-11-29-20/h5-10,15-16,18-24H,2-4,11-13H2,1H3. The quantitative estimate of drug-likeness (QED) is 0.289. The highest BCUT2D eigenvalue weighted by atomic mass is 32.2. The fourth-order valence-corrected chi connectivity index (χ4v) is 8.48. The fraction of sp³-hybridized carbons (Fsp3) is 0.640. The summed E-state index contributed by atoms with van der Waals surface area (Å²) in [4.78, 5) is 13.5. The molecule has 172 valence electrons. The number of allylic oxidation sites excluding steroid dienone is 2. The van der Waals surface area contributed by atoms with E-state index in [1.807, 2.05) is 6.92 Å². The second-order valence-corrected chi connectivity index (χ2v) is 11.8. The average Bonchev–Trinajstić information content (AvgIpc) is 3.54. The molecule has 1 heterocycles. The molecule has 0 amide bonds. The minimum absolute atomic E-state index is 0.0648. The zero-order valence-electron chi connectivity index (χ0n) is 18.3. The van der Waals surface area contributed by atoms with Gasteiger partial charge in [-0.3, -0.25) is 8.98 Å². The van der Waals surface area contributed by atoms with Crippen molar-refractivity contribution in [2.24, 2.45) is 41.4 Å². The molecule has 1 aromatic carbocycles. The predicted molar refractivity (Wildman–Crippen MR) is 116 cm³/mol. The molecule has 0 radical (unpaired) electrons. The van der Waals surface area contributed by atoms with Crippen LogP contribution in [0.3, 0.4) is 0 Å². The molecular weight excluding hydrogens is 428 g/mol. The molecule has 4 bridgehead atoms. The average molecular weight is 459 g/mol. The van der Waals surface area contributed by atoms with Gasteiger partial charge in [0.1, 0.15) is 0 Å². The smallest absolute Gasteiger partial charge is 0.314 e. The Kier molecular flexibility index (Phi) is 5.01. The third kappa shape index (κ3) is 3.27. The monoisotopic (exact) mass is 458 g/mol. The normalized spacial score (nSPS) is 41.7. The van der Waals surface area contributed by atoms with Crippen LogP contribution in [-0.2, 0) is 28.6 Å². The van der Waals surface area contributed by atoms with Crippen molar-refractivity contribution in [1.82, 2.24) is 0 Å². The van der Waals surface area contributed by atoms with Gasteiger partial charge in [-0.15, -0.1) is 0 Å². The molecule has 32 heavy (non-hydrogen) atoms. The van der Waals surface area contributed by atoms with Crippen LogP contribution in [0.4, 0.5) is 0 Å². The molecule has 1 saturated heterocycles. The number of hydrogen-bond acceptors (Lipinski definition) is 6. The van der Waals surface area contributed by atoms with E-state index in [1.165, 1.54) is 0 Å². The van der Waals surface area contributed by atoms with E-state index in [-0.39, 0.29) is 22.7 Å². The molecular formula is C25H30O6S. The number of aryl methyl sites for hydroxylation is 1. The molecule has 9 atom stereocenters. The lowest BCUT2D eigenvalue weighted by Gasteiger charge is -2.40. The number of benzene rings is 1. The first-order chi connectivity index (χ1) is 15.4. The Morgan fingerprint density at radius 3 is 2.41 bits per heavy atom. The second kappa shape index (κ2) is 7.67. The van der Waals surface area contributed by atoms with Crippen molar-refractivity contribution >= 4 is 16.1 Å². The van der Waals surface area contributed by atoms with Gasteiger partial charge in [-0.1, -0.05) is 29.8 Å². The van der Waals surface area contributed by atoms with Crippen LogP contribution in [0.25, 0.3) is 0 Å². The van der Waals surface area contributed by atoms with Crippen molar-refractivity contribution < 1.29 is 26.9 Å². The first-order valence-corrected chi connectivity index (χ1v) is 13.3. The van der Waals surface area contributed by atoms with Crippen LogP contribution in [0.1, 0.15) is 37.7 Å². The molecule has 1 aliphatic heterocycles. The molecule has 6 nitrogen and oxygen atoms in total. The van der Waals surface area contributed by atoms with Crippen LogP contribution in [-0.4, -0.2) is 33.4 Å². The van der Waals surface area contributed by atoms with Crippen molar-refractivity contribution in [3.63, 3.8) is 0 Å². The lowest BCUT2D eigenvalue weighted by atomic mass is 9.68. The maximum absolute atomic E-state index is 13.4. The molecule has 5 aliphatic rings. The van der Waals surface area contributed by atoms with Crippen LogP contribution >= 0.6 is 0 Å². The van der Waals surface area contributed by atoms with Gasteiger partial charge in [-0.2, -0.15) is 8.42 Å². The molecule has 0 spiro atoms. The summed E-state index contributed by atoms with van der Waals surface area (Å²) in [6.07, 6.45) is 7.99. The van der Waals surface area contributed by atoms with Crippen LogP contribution < -0.4 is 0 Å². The molecule has 3 saturated carbocycles. The summed E-state index contributed by atoms with van der Waals surface area (Å²) in [6.45, 7) is 2.50. The number of esters is 1. The minimum atomic E-state index is -3.98. The maximum Gasteiger partial charge on any atom is 0.314 e. The number of ether oxygens (including phenoxy) is 2. The summed E-state index contributed by atoms with van der Waals surface area (Å²) < 4.78 is 43.6. The Bertz CT molecular complexity index is 1030. The van der Waals surface area contributed by atoms with Gasteiger partial charge in [0.2, 0.25) is 6.29 Å². The van der Waals surface area contributed by atoms with Gasteiger partial charge in [-0.25, -0.2) is 0 Å². The van der Waals surface area contributed by atoms with E-state index in [0.29, 0.717) is 36.7 Å². The van der Waals surface area contributed by atoms with Crippen LogP contribution in [0.15, 0.2) is 41.3 Å². The second-order valence-electron chi connectivity index (χ2n) is 10.3. The van der Waals surface area contributed by atoms with E-state index in [1.54, 1.807) is 24.3 Å². The summed E-state index contributed by atoms with van der Waals surface area (Å²) >= 11 is 0. The molecule has 1 aromatic rings. The van der Waals surface area contributed by atoms with E-state index in [9.17, 15) is 13.2 Å². The van der Waals surface area contributed by atoms with Crippen molar-refractivity contribution in [3.05, 3.63) is 42.0 Å². The van der Waals surface area contributed by atoms with Crippen molar-refractivity contribution in [2.45, 2.75) is 56.3 Å². The van der Waals surface area contributed by atoms with Crippen LogP contribution in [0, 0.1) is 48.3 Å². The highest BCUT2D eigenvalue weighted by Crippen LogP contribution is 2.67. The summed E-state index contributed by atoms with van der Waals surface area (Å²) in [5.74, 6) is 1.08. The highest BCUT2D eigenvalue weighted by molar-refractivity contribution is 7.86. The van der Waals surface area contributed by atoms with Gasteiger partial charge in [0.25, 0.3) is 10.1 Å². The van der Waals surface area contributed by atoms with Gasteiger partial charge in [0.15, 0.2) is 0 Å². The van der Waals surface area contributed by atoms with E-state index in [2.05, 4.69) is 12.2 Å². The van der Waals surface area contributed by atoms with Gasteiger partial charge < -0.3 is 9.47 Å². The van der Waals surface area contributed by atoms with E-state index < -0.39 is 28.4 Å². The van der Waals surface area contributed by atoms with Gasteiger partial charge in [0.05, 0.1) is 23.5 Å². The molecule has 0 N–H and O–H groups in total. The molecule has 6 rings (SSSR count). The van der Waals surface area contributed by atoms with Crippen LogP contribution in [0.2, 0.25) is 0 Å². The zero-order chi connectivity index (χ0) is 22.0. The first kappa shape index (κ1) is 20.9. The largest absolute Gasteiger partial charge is 0.435 e. The van der Waals surface area contributed by atoms with Crippen LogP contribution in [0.5, 0.6) is 0 Å². The Labute approximate surface area is 189 Å². The van der Waals surface area contributed by atoms with Crippen molar-refractivity contribution in [3.8, 4) is 0 Å². The Morgan fingerprint density at radius 1 is 1.00 bits per heavy atom. The predicted octanol–water partition coefficient (Wildman–Crippen LogP) is 3.84. The lowest BCUT2D eigenvalue weighted by Crippen LogP contribution is -2.47. The van der Waals surface area contributed by atoms with E-state index in [4.69, 9.17) is 13.7 Å². The number of fused-ring (bicyclic) bond motifs is 9. The minimum Gasteiger partial charge on any atom is -0.435 e. The molecule has 4 fully saturated rings. The molecule has 9 unspecified atom stereocenters. The first-order valence-electron chi connectivity index (χ1n) is 11.9. The highest BCUT2D eigenvalue weighted by Gasteiger charge is 2.67. The third-order valence-corrected chi connectivity index (χ3v) is 9.88. The third-order valence-electron chi connectivity index (χ3n) is 8.56. The van der Waals surface area contributed by atoms with Crippen molar-refractivity contribution in [1.29, 1.82) is 0 Å². The van der Waals surface area contributed by atoms with E-state index in [0.717, 1.165) is 31.2 Å². The van der Waals surface area contributed by atoms with Crippen molar-refractivity contribution in [2.75, 3.05) is 6.61 Å². The number of carbonyl (C=O) groups excluding carboxylic acids is 1. The number of rotatable bonds is 5. The topological polar surface area (TPSA) is 78.9 Å². The van der Waals surface area contributed by atoms with Gasteiger partial charge in [0, 0.05) is 6.42 Å². The number of hydrogen-bond donors (Lipinski definition) is 0. The summed E-state index contributed by atoms with van der Waals surface area (Å²) in [6, 6.07) is 6.67. The number of carbonyl (C=O) groups is 1. The lowest BCUT2D eigenvalue weighted by molar-refractivity contribution is -0.197. The Balaban J connectivity index is 1.29. The zero-order valence-corrected chi connectivity index (χ0v) is 19.1. The maximum atomic E-state index is 13.4. The molecule has 7 heteroatoms. The molecule has 4 aliphatic carbocycles. The van der Waals surface area contributed by atoms with Gasteiger partial charge in [-0.05, 0) is 80.2 Å². The summed E-state index contributed by atoms with van der Waals surface area (Å²) in [5.41, 5.74) is 0.981. The Morgan fingerprint density at radius 2 is 1.72 bits per heavy atom. The Hall–Kier alpha value is -1.70. The molecule has 0 aromatic heterocycles. The van der Waals surface area contributed by atoms with Gasteiger partial charge >= 0.3 is 5.97 Å². The SMILES string of the molecule is Cc1ccc(S(=O)(=O)OC2C3CC(C2C(=O)OC2CCCCO2)C2C4C=CC(C4)C32)cc1. The summed E-state index contributed by atoms with van der Waals surface area (Å²) in [7, 11) is -3.98. The van der Waals surface area contributed by atoms with E-state index >= 15 is 0 Å². The summed E-state index contributed by atoms with van der Waals surface area (Å²) in [5, 5.41) is 0.